The highest BCUT2D eigenvalue weighted by molar-refractivity contribution is 5.73. The first kappa shape index (κ1) is 36.9. The number of hydrogen-bond acceptors (Lipinski definition) is 18. The summed E-state index contributed by atoms with van der Waals surface area (Å²) in [7, 11) is 0. The Morgan fingerprint density at radius 3 is 1.02 bits per heavy atom. The summed E-state index contributed by atoms with van der Waals surface area (Å²) in [6.45, 7) is 5.60. The summed E-state index contributed by atoms with van der Waals surface area (Å²) in [6, 6.07) is 0. The molecule has 0 aromatic heterocycles. The second-order valence-corrected chi connectivity index (χ2v) is 9.82. The molecule has 2 saturated heterocycles. The monoisotopic (exact) mass is 648 g/mol. The number of hydrogen-bond donors (Lipinski definition) is 0. The molecule has 0 aromatic carbocycles. The Morgan fingerprint density at radius 2 is 0.733 bits per heavy atom. The van der Waals surface area contributed by atoms with Gasteiger partial charge >= 0.3 is 47.8 Å². The SMILES string of the molecule is CC(=O)O[C@@H]1O[C@H](COC(=O)CCCC(=O)OC[C@H]2O[C@@H](OC(C)=O)[C@H](OC(C)=O)[C@@H]2OC(C)=O)[C@@H](OC(C)=O)[C@H]1OC(C)=O. The van der Waals surface area contributed by atoms with Gasteiger partial charge in [0.15, 0.2) is 12.2 Å². The molecule has 0 aliphatic carbocycles. The van der Waals surface area contributed by atoms with Crippen molar-refractivity contribution in [1.82, 2.24) is 0 Å². The second-order valence-electron chi connectivity index (χ2n) is 9.82. The quantitative estimate of drug-likeness (QED) is 0.171. The van der Waals surface area contributed by atoms with E-state index in [9.17, 15) is 38.4 Å². The van der Waals surface area contributed by atoms with Crippen molar-refractivity contribution in [1.29, 1.82) is 0 Å². The zero-order valence-corrected chi connectivity index (χ0v) is 25.5. The minimum atomic E-state index is -1.42. The van der Waals surface area contributed by atoms with Crippen molar-refractivity contribution in [2.45, 2.75) is 110 Å². The van der Waals surface area contributed by atoms with Crippen LogP contribution in [0.5, 0.6) is 0 Å². The molecule has 252 valence electrons. The summed E-state index contributed by atoms with van der Waals surface area (Å²) < 4.78 is 51.9. The zero-order valence-electron chi connectivity index (χ0n) is 25.5. The molecule has 0 N–H and O–H groups in total. The van der Waals surface area contributed by atoms with Crippen molar-refractivity contribution in [2.75, 3.05) is 13.2 Å². The Kier molecular flexibility index (Phi) is 14.1. The highest BCUT2D eigenvalue weighted by Gasteiger charge is 2.52. The van der Waals surface area contributed by atoms with Gasteiger partial charge in [-0.3, -0.25) is 38.4 Å². The molecule has 0 radical (unpaired) electrons. The third kappa shape index (κ3) is 12.3. The first-order valence-electron chi connectivity index (χ1n) is 13.7. The van der Waals surface area contributed by atoms with Crippen LogP contribution in [0.25, 0.3) is 0 Å². The van der Waals surface area contributed by atoms with Crippen LogP contribution in [0.4, 0.5) is 0 Å². The Balaban J connectivity index is 1.89. The van der Waals surface area contributed by atoms with Crippen molar-refractivity contribution in [3.63, 3.8) is 0 Å². The average Bonchev–Trinajstić information content (AvgIpc) is 3.36. The summed E-state index contributed by atoms with van der Waals surface area (Å²) >= 11 is 0. The van der Waals surface area contributed by atoms with Crippen molar-refractivity contribution in [2.24, 2.45) is 0 Å². The van der Waals surface area contributed by atoms with Gasteiger partial charge in [-0.15, -0.1) is 0 Å². The zero-order chi connectivity index (χ0) is 33.8. The average molecular weight is 649 g/mol. The van der Waals surface area contributed by atoms with Crippen LogP contribution in [0.15, 0.2) is 0 Å². The molecule has 0 spiro atoms. The molecule has 2 fully saturated rings. The molecule has 2 heterocycles. The van der Waals surface area contributed by atoms with Gasteiger partial charge in [0.05, 0.1) is 0 Å². The summed E-state index contributed by atoms with van der Waals surface area (Å²) in [5.74, 6) is -6.12. The molecule has 0 amide bonds. The first-order chi connectivity index (χ1) is 21.1. The predicted molar refractivity (Wildman–Crippen MR) is 139 cm³/mol. The number of carbonyl (C=O) groups is 8. The van der Waals surface area contributed by atoms with E-state index in [1.54, 1.807) is 0 Å². The van der Waals surface area contributed by atoms with Crippen LogP contribution in [-0.4, -0.2) is 110 Å². The third-order valence-corrected chi connectivity index (χ3v) is 5.89. The maximum absolute atomic E-state index is 12.3. The largest absolute Gasteiger partial charge is 0.463 e. The van der Waals surface area contributed by atoms with E-state index >= 15 is 0 Å². The van der Waals surface area contributed by atoms with Gasteiger partial charge in [0.1, 0.15) is 25.4 Å². The van der Waals surface area contributed by atoms with Crippen LogP contribution >= 0.6 is 0 Å². The van der Waals surface area contributed by atoms with E-state index in [-0.39, 0.29) is 19.3 Å². The summed E-state index contributed by atoms with van der Waals surface area (Å²) in [6.07, 6.45) is -10.8. The Hall–Kier alpha value is -4.32. The topological polar surface area (TPSA) is 229 Å². The van der Waals surface area contributed by atoms with Crippen LogP contribution in [0, 0.1) is 0 Å². The van der Waals surface area contributed by atoms with Crippen molar-refractivity contribution in [3.05, 3.63) is 0 Å². The molecular weight excluding hydrogens is 612 g/mol. The smallest absolute Gasteiger partial charge is 0.305 e. The molecule has 0 saturated carbocycles. The molecule has 8 atom stereocenters. The van der Waals surface area contributed by atoms with Crippen molar-refractivity contribution >= 4 is 47.8 Å². The van der Waals surface area contributed by atoms with Crippen LogP contribution in [0.2, 0.25) is 0 Å². The molecule has 2 rings (SSSR count). The molecule has 2 aliphatic heterocycles. The maximum Gasteiger partial charge on any atom is 0.305 e. The number of esters is 8. The van der Waals surface area contributed by atoms with Crippen LogP contribution in [0.1, 0.15) is 60.8 Å². The molecule has 45 heavy (non-hydrogen) atoms. The lowest BCUT2D eigenvalue weighted by atomic mass is 10.1. The lowest BCUT2D eigenvalue weighted by molar-refractivity contribution is -0.197. The maximum atomic E-state index is 12.3. The van der Waals surface area contributed by atoms with Gasteiger partial charge in [-0.05, 0) is 6.42 Å². The van der Waals surface area contributed by atoms with E-state index in [1.807, 2.05) is 0 Å². The van der Waals surface area contributed by atoms with E-state index in [0.717, 1.165) is 41.5 Å². The highest BCUT2D eigenvalue weighted by atomic mass is 16.8. The van der Waals surface area contributed by atoms with Crippen molar-refractivity contribution < 1.29 is 85.7 Å². The fourth-order valence-corrected chi connectivity index (χ4v) is 4.34. The molecule has 2 aliphatic rings. The van der Waals surface area contributed by atoms with Gasteiger partial charge in [-0.2, -0.15) is 0 Å². The van der Waals surface area contributed by atoms with Gasteiger partial charge in [0.2, 0.25) is 24.8 Å². The van der Waals surface area contributed by atoms with E-state index in [0.29, 0.717) is 0 Å². The first-order valence-corrected chi connectivity index (χ1v) is 13.7. The standard InChI is InChI=1S/C27H36O18/c1-12(28)38-22-18(44-26(42-16(5)32)24(22)40-14(3)30)10-36-20(34)8-7-9-21(35)37-11-19-23(39-13(2)29)25(41-15(4)31)27(45-19)43-17(6)33/h18-19,22-27H,7-11H2,1-6H3/t18-,19-,22-,23-,24-,25-,26-,27-/m1/s1. The molecule has 0 unspecified atom stereocenters. The number of carbonyl (C=O) groups excluding carboxylic acids is 8. The minimum absolute atomic E-state index is 0.0201. The summed E-state index contributed by atoms with van der Waals surface area (Å²) in [5.41, 5.74) is 0. The van der Waals surface area contributed by atoms with Gasteiger partial charge in [-0.1, -0.05) is 0 Å². The fraction of sp³-hybridized carbons (Fsp3) is 0.704. The van der Waals surface area contributed by atoms with Gasteiger partial charge < -0.3 is 47.4 Å². The molecule has 18 heteroatoms. The summed E-state index contributed by atoms with van der Waals surface area (Å²) in [5, 5.41) is 0. The third-order valence-electron chi connectivity index (χ3n) is 5.89. The molecule has 0 bridgehead atoms. The lowest BCUT2D eigenvalue weighted by Crippen LogP contribution is -2.42. The van der Waals surface area contributed by atoms with Crippen LogP contribution in [-0.2, 0) is 85.7 Å². The Labute approximate surface area is 257 Å². The van der Waals surface area contributed by atoms with Crippen LogP contribution in [0.3, 0.4) is 0 Å². The predicted octanol–water partition coefficient (Wildman–Crippen LogP) is -0.454. The summed E-state index contributed by atoms with van der Waals surface area (Å²) in [4.78, 5) is 93.9. The molecule has 18 nitrogen and oxygen atoms in total. The Morgan fingerprint density at radius 1 is 0.444 bits per heavy atom. The Bertz CT molecular complexity index is 1050. The van der Waals surface area contributed by atoms with E-state index < -0.39 is 110 Å². The minimum Gasteiger partial charge on any atom is -0.463 e. The van der Waals surface area contributed by atoms with Gasteiger partial charge in [-0.25, -0.2) is 0 Å². The van der Waals surface area contributed by atoms with Crippen LogP contribution < -0.4 is 0 Å². The normalized spacial score (nSPS) is 27.0. The van der Waals surface area contributed by atoms with E-state index in [2.05, 4.69) is 0 Å². The lowest BCUT2D eigenvalue weighted by Gasteiger charge is -2.22. The number of rotatable bonds is 14. The highest BCUT2D eigenvalue weighted by Crippen LogP contribution is 2.30. The van der Waals surface area contributed by atoms with Crippen molar-refractivity contribution in [3.8, 4) is 0 Å². The van der Waals surface area contributed by atoms with E-state index in [4.69, 9.17) is 47.4 Å². The fourth-order valence-electron chi connectivity index (χ4n) is 4.34. The number of ether oxygens (including phenoxy) is 10. The molecular formula is C27H36O18. The second kappa shape index (κ2) is 17.2. The van der Waals surface area contributed by atoms with E-state index in [1.165, 1.54) is 0 Å². The van der Waals surface area contributed by atoms with Gasteiger partial charge in [0.25, 0.3) is 0 Å². The van der Waals surface area contributed by atoms with Gasteiger partial charge in [0, 0.05) is 54.4 Å². The molecule has 0 aromatic rings.